The molecule has 1 aliphatic heterocycles. The first-order valence-corrected chi connectivity index (χ1v) is 12.0. The van der Waals surface area contributed by atoms with Crippen LogP contribution in [0, 0.1) is 5.82 Å². The lowest BCUT2D eigenvalue weighted by molar-refractivity contribution is -0.122. The summed E-state index contributed by atoms with van der Waals surface area (Å²) in [7, 11) is -3.85. The number of hydrogen-bond acceptors (Lipinski definition) is 5. The monoisotopic (exact) mass is 460 g/mol. The molecule has 2 aromatic carbocycles. The number of amides is 2. The second-order valence-electron chi connectivity index (χ2n) is 8.05. The van der Waals surface area contributed by atoms with Crippen LogP contribution in [-0.4, -0.2) is 68.8 Å². The molecule has 8 nitrogen and oxygen atoms in total. The van der Waals surface area contributed by atoms with E-state index in [0.717, 1.165) is 25.0 Å². The van der Waals surface area contributed by atoms with Crippen LogP contribution in [0.15, 0.2) is 53.4 Å². The van der Waals surface area contributed by atoms with E-state index in [0.29, 0.717) is 50.0 Å². The Morgan fingerprint density at radius 3 is 2.16 bits per heavy atom. The number of halogens is 1. The number of piperazine rings is 1. The molecule has 0 unspecified atom stereocenters. The number of nitrogens with zero attached hydrogens (tertiary/aromatic N) is 2. The molecule has 0 atom stereocenters. The number of sulfonamides is 1. The van der Waals surface area contributed by atoms with Crippen molar-refractivity contribution >= 4 is 27.5 Å². The maximum Gasteiger partial charge on any atom is 0.261 e. The van der Waals surface area contributed by atoms with Gasteiger partial charge in [0.2, 0.25) is 5.91 Å². The molecular formula is C22H25FN4O4S. The van der Waals surface area contributed by atoms with Gasteiger partial charge >= 0.3 is 0 Å². The Morgan fingerprint density at radius 2 is 1.56 bits per heavy atom. The molecule has 0 radical (unpaired) electrons. The fourth-order valence-electron chi connectivity index (χ4n) is 3.50. The SMILES string of the molecule is O=C(CN1CCN(C(=O)c2ccc(NS(=O)(=O)c3ccc(F)cc3)cc2)CC1)NC1CC1. The number of rotatable bonds is 7. The van der Waals surface area contributed by atoms with Crippen LogP contribution in [0.4, 0.5) is 10.1 Å². The molecule has 0 spiro atoms. The largest absolute Gasteiger partial charge is 0.352 e. The van der Waals surface area contributed by atoms with Gasteiger partial charge in [-0.25, -0.2) is 12.8 Å². The lowest BCUT2D eigenvalue weighted by Crippen LogP contribution is -2.51. The summed E-state index contributed by atoms with van der Waals surface area (Å²) in [4.78, 5) is 28.4. The van der Waals surface area contributed by atoms with Crippen molar-refractivity contribution in [1.82, 2.24) is 15.1 Å². The molecule has 10 heteroatoms. The van der Waals surface area contributed by atoms with E-state index in [1.807, 2.05) is 4.90 Å². The quantitative estimate of drug-likeness (QED) is 0.655. The predicted octanol–water partition coefficient (Wildman–Crippen LogP) is 1.66. The van der Waals surface area contributed by atoms with E-state index in [1.165, 1.54) is 24.3 Å². The van der Waals surface area contributed by atoms with Gasteiger partial charge < -0.3 is 10.2 Å². The van der Waals surface area contributed by atoms with Crippen LogP contribution in [0.3, 0.4) is 0 Å². The van der Waals surface area contributed by atoms with E-state index in [2.05, 4.69) is 10.0 Å². The van der Waals surface area contributed by atoms with Gasteiger partial charge in [0.25, 0.3) is 15.9 Å². The second-order valence-corrected chi connectivity index (χ2v) is 9.73. The van der Waals surface area contributed by atoms with E-state index < -0.39 is 15.8 Å². The molecule has 2 amide bonds. The summed E-state index contributed by atoms with van der Waals surface area (Å²) in [5.74, 6) is -0.625. The summed E-state index contributed by atoms with van der Waals surface area (Å²) in [6.45, 7) is 2.64. The Morgan fingerprint density at radius 1 is 0.938 bits per heavy atom. The Balaban J connectivity index is 1.30. The van der Waals surface area contributed by atoms with Gasteiger partial charge in [-0.3, -0.25) is 19.2 Å². The van der Waals surface area contributed by atoms with Gasteiger partial charge in [-0.05, 0) is 61.4 Å². The highest BCUT2D eigenvalue weighted by atomic mass is 32.2. The molecule has 1 saturated heterocycles. The number of hydrogen-bond donors (Lipinski definition) is 2. The summed E-state index contributed by atoms with van der Waals surface area (Å²) in [5, 5.41) is 2.97. The standard InChI is InChI=1S/C22H25FN4O4S/c23-17-3-9-20(10-4-17)32(30,31)25-19-5-1-16(2-6-19)22(29)27-13-11-26(12-14-27)15-21(28)24-18-7-8-18/h1-6,9-10,18,25H,7-8,11-15H2,(H,24,28). The minimum Gasteiger partial charge on any atom is -0.352 e. The van der Waals surface area contributed by atoms with Crippen molar-refractivity contribution < 1.29 is 22.4 Å². The fraction of sp³-hybridized carbons (Fsp3) is 0.364. The highest BCUT2D eigenvalue weighted by molar-refractivity contribution is 7.92. The number of carbonyl (C=O) groups excluding carboxylic acids is 2. The summed E-state index contributed by atoms with van der Waals surface area (Å²) in [6.07, 6.45) is 2.11. The first-order chi connectivity index (χ1) is 15.3. The van der Waals surface area contributed by atoms with Crippen molar-refractivity contribution in [2.75, 3.05) is 37.4 Å². The lowest BCUT2D eigenvalue weighted by Gasteiger charge is -2.34. The molecule has 2 N–H and O–H groups in total. The van der Waals surface area contributed by atoms with Gasteiger partial charge in [0.05, 0.1) is 11.4 Å². The van der Waals surface area contributed by atoms with E-state index in [9.17, 15) is 22.4 Å². The van der Waals surface area contributed by atoms with Crippen molar-refractivity contribution in [2.45, 2.75) is 23.8 Å². The Bertz CT molecular complexity index is 1080. The average molecular weight is 461 g/mol. The molecule has 1 heterocycles. The maximum atomic E-state index is 13.0. The van der Waals surface area contributed by atoms with Crippen molar-refractivity contribution in [3.05, 3.63) is 59.9 Å². The molecule has 32 heavy (non-hydrogen) atoms. The van der Waals surface area contributed by atoms with Gasteiger partial charge in [0, 0.05) is 43.5 Å². The Hall–Kier alpha value is -2.98. The Kier molecular flexibility index (Phi) is 6.43. The molecule has 2 aromatic rings. The summed E-state index contributed by atoms with van der Waals surface area (Å²) < 4.78 is 40.3. The molecule has 0 bridgehead atoms. The first kappa shape index (κ1) is 22.2. The topological polar surface area (TPSA) is 98.8 Å². The van der Waals surface area contributed by atoms with Crippen LogP contribution < -0.4 is 10.0 Å². The van der Waals surface area contributed by atoms with E-state index in [4.69, 9.17) is 0 Å². The predicted molar refractivity (Wildman–Crippen MR) is 117 cm³/mol. The van der Waals surface area contributed by atoms with Crippen molar-refractivity contribution in [1.29, 1.82) is 0 Å². The molecule has 1 saturated carbocycles. The van der Waals surface area contributed by atoms with Crippen LogP contribution >= 0.6 is 0 Å². The van der Waals surface area contributed by atoms with Crippen molar-refractivity contribution in [3.63, 3.8) is 0 Å². The normalized spacial score (nSPS) is 17.1. The molecule has 0 aromatic heterocycles. The first-order valence-electron chi connectivity index (χ1n) is 10.5. The maximum absolute atomic E-state index is 13.0. The zero-order valence-electron chi connectivity index (χ0n) is 17.5. The smallest absolute Gasteiger partial charge is 0.261 e. The fourth-order valence-corrected chi connectivity index (χ4v) is 4.56. The van der Waals surface area contributed by atoms with Crippen LogP contribution in [0.2, 0.25) is 0 Å². The van der Waals surface area contributed by atoms with Crippen molar-refractivity contribution in [2.24, 2.45) is 0 Å². The molecule has 1 aliphatic carbocycles. The van der Waals surface area contributed by atoms with Gasteiger partial charge in [-0.1, -0.05) is 0 Å². The highest BCUT2D eigenvalue weighted by Gasteiger charge is 2.26. The van der Waals surface area contributed by atoms with E-state index >= 15 is 0 Å². The third-order valence-corrected chi connectivity index (χ3v) is 6.87. The summed E-state index contributed by atoms with van der Waals surface area (Å²) in [6, 6.07) is 11.1. The van der Waals surface area contributed by atoms with Crippen LogP contribution in [-0.2, 0) is 14.8 Å². The van der Waals surface area contributed by atoms with Gasteiger partial charge in [0.1, 0.15) is 5.82 Å². The second kappa shape index (κ2) is 9.25. The van der Waals surface area contributed by atoms with E-state index in [-0.39, 0.29) is 16.7 Å². The molecule has 170 valence electrons. The zero-order chi connectivity index (χ0) is 22.7. The van der Waals surface area contributed by atoms with E-state index in [1.54, 1.807) is 17.0 Å². The van der Waals surface area contributed by atoms with Crippen molar-refractivity contribution in [3.8, 4) is 0 Å². The highest BCUT2D eigenvalue weighted by Crippen LogP contribution is 2.19. The lowest BCUT2D eigenvalue weighted by atomic mass is 10.1. The van der Waals surface area contributed by atoms with Gasteiger partial charge in [-0.2, -0.15) is 0 Å². The molecule has 2 fully saturated rings. The Labute approximate surface area is 186 Å². The van der Waals surface area contributed by atoms with Gasteiger partial charge in [-0.15, -0.1) is 0 Å². The van der Waals surface area contributed by atoms with Crippen LogP contribution in [0.1, 0.15) is 23.2 Å². The third kappa shape index (κ3) is 5.63. The summed E-state index contributed by atoms with van der Waals surface area (Å²) in [5.41, 5.74) is 0.757. The minimum atomic E-state index is -3.85. The molecule has 2 aliphatic rings. The van der Waals surface area contributed by atoms with Gasteiger partial charge in [0.15, 0.2) is 0 Å². The molecule has 4 rings (SSSR count). The minimum absolute atomic E-state index is 0.0333. The number of anilines is 1. The molecular weight excluding hydrogens is 435 g/mol. The summed E-state index contributed by atoms with van der Waals surface area (Å²) >= 11 is 0. The number of carbonyl (C=O) groups is 2. The number of nitrogens with one attached hydrogen (secondary N) is 2. The van der Waals surface area contributed by atoms with Crippen LogP contribution in [0.5, 0.6) is 0 Å². The number of benzene rings is 2. The zero-order valence-corrected chi connectivity index (χ0v) is 18.3. The van der Waals surface area contributed by atoms with Crippen LogP contribution in [0.25, 0.3) is 0 Å². The third-order valence-electron chi connectivity index (χ3n) is 5.48. The average Bonchev–Trinajstić information content (AvgIpc) is 3.58.